The van der Waals surface area contributed by atoms with Crippen molar-refractivity contribution >= 4 is 18.0 Å². The Bertz CT molecular complexity index is 1050. The second kappa shape index (κ2) is 8.54. The van der Waals surface area contributed by atoms with Crippen LogP contribution in [0.2, 0.25) is 0 Å². The lowest BCUT2D eigenvalue weighted by Crippen LogP contribution is -2.46. The van der Waals surface area contributed by atoms with Crippen LogP contribution < -0.4 is 5.32 Å². The van der Waals surface area contributed by atoms with Gasteiger partial charge in [-0.2, -0.15) is 0 Å². The van der Waals surface area contributed by atoms with Crippen molar-refractivity contribution in [3.05, 3.63) is 59.7 Å². The number of rotatable bonds is 7. The fraction of sp³-hybridized carbons (Fsp3) is 0.423. The molecule has 4 atom stereocenters. The van der Waals surface area contributed by atoms with E-state index in [9.17, 15) is 19.5 Å². The topological polar surface area (TPSA) is 95.9 Å². The van der Waals surface area contributed by atoms with Crippen molar-refractivity contribution in [2.75, 3.05) is 13.2 Å². The summed E-state index contributed by atoms with van der Waals surface area (Å²) in [6.07, 6.45) is 0.959. The third kappa shape index (κ3) is 3.75. The molecule has 2 heterocycles. The van der Waals surface area contributed by atoms with Crippen molar-refractivity contribution in [3.8, 4) is 11.1 Å². The van der Waals surface area contributed by atoms with E-state index < -0.39 is 18.0 Å². The second-order valence-corrected chi connectivity index (χ2v) is 9.25. The van der Waals surface area contributed by atoms with E-state index >= 15 is 0 Å². The van der Waals surface area contributed by atoms with Gasteiger partial charge >= 0.3 is 12.1 Å². The molecule has 33 heavy (non-hydrogen) atoms. The third-order valence-corrected chi connectivity index (χ3v) is 7.48. The van der Waals surface area contributed by atoms with Gasteiger partial charge in [-0.3, -0.25) is 9.59 Å². The average Bonchev–Trinajstić information content (AvgIpc) is 3.48. The number of carboxylic acids is 1. The summed E-state index contributed by atoms with van der Waals surface area (Å²) < 4.78 is 5.60. The zero-order chi connectivity index (χ0) is 23.1. The molecule has 2 aliphatic heterocycles. The minimum absolute atomic E-state index is 0.0192. The van der Waals surface area contributed by atoms with Crippen molar-refractivity contribution in [1.82, 2.24) is 10.2 Å². The lowest BCUT2D eigenvalue weighted by Gasteiger charge is -2.33. The number of hydrogen-bond donors (Lipinski definition) is 2. The molecular weight excluding hydrogens is 420 g/mol. The number of aliphatic carboxylic acids is 1. The molecule has 2 bridgehead atoms. The van der Waals surface area contributed by atoms with Crippen LogP contribution in [0, 0.1) is 11.8 Å². The number of nitrogens with zero attached hydrogens (tertiary/aromatic N) is 1. The van der Waals surface area contributed by atoms with Gasteiger partial charge < -0.3 is 20.1 Å². The van der Waals surface area contributed by atoms with Crippen molar-refractivity contribution in [1.29, 1.82) is 0 Å². The van der Waals surface area contributed by atoms with Crippen LogP contribution in [0.5, 0.6) is 0 Å². The van der Waals surface area contributed by atoms with Gasteiger partial charge in [0.1, 0.15) is 6.61 Å². The molecule has 7 heteroatoms. The number of hydrogen-bond acceptors (Lipinski definition) is 4. The summed E-state index contributed by atoms with van der Waals surface area (Å²) in [5.41, 5.74) is 4.63. The third-order valence-electron chi connectivity index (χ3n) is 7.48. The summed E-state index contributed by atoms with van der Waals surface area (Å²) in [5.74, 6) is -1.32. The molecule has 2 aliphatic carbocycles. The summed E-state index contributed by atoms with van der Waals surface area (Å²) in [6.45, 7) is 2.63. The number of benzene rings is 2. The Morgan fingerprint density at radius 3 is 2.30 bits per heavy atom. The molecule has 2 amide bonds. The zero-order valence-electron chi connectivity index (χ0n) is 18.6. The smallest absolute Gasteiger partial charge is 0.407 e. The molecule has 4 unspecified atom stereocenters. The number of carbonyl (C=O) groups is 3. The maximum Gasteiger partial charge on any atom is 0.407 e. The first-order valence-corrected chi connectivity index (χ1v) is 11.6. The largest absolute Gasteiger partial charge is 0.481 e. The van der Waals surface area contributed by atoms with E-state index in [0.29, 0.717) is 13.0 Å². The first kappa shape index (κ1) is 21.5. The van der Waals surface area contributed by atoms with Gasteiger partial charge in [-0.05, 0) is 41.0 Å². The predicted molar refractivity (Wildman–Crippen MR) is 122 cm³/mol. The van der Waals surface area contributed by atoms with Gasteiger partial charge in [-0.15, -0.1) is 0 Å². The quantitative estimate of drug-likeness (QED) is 0.674. The summed E-state index contributed by atoms with van der Waals surface area (Å²) in [4.78, 5) is 38.4. The fourth-order valence-corrected chi connectivity index (χ4v) is 5.70. The van der Waals surface area contributed by atoms with Crippen LogP contribution in [0.1, 0.15) is 43.2 Å². The first-order valence-electron chi connectivity index (χ1n) is 11.6. The molecule has 1 saturated carbocycles. The number of carboxylic acid groups (broad SMARTS) is 1. The molecule has 2 aromatic rings. The van der Waals surface area contributed by atoms with Crippen molar-refractivity contribution in [2.24, 2.45) is 11.8 Å². The molecule has 2 saturated heterocycles. The lowest BCUT2D eigenvalue weighted by atomic mass is 9.74. The molecular formula is C26H28N2O5. The van der Waals surface area contributed by atoms with E-state index in [2.05, 4.69) is 29.6 Å². The molecule has 4 aliphatic rings. The minimum atomic E-state index is -0.824. The normalized spacial score (nSPS) is 23.3. The Hall–Kier alpha value is -3.35. The van der Waals surface area contributed by atoms with Crippen molar-refractivity contribution in [2.45, 2.75) is 44.2 Å². The SMILES string of the molecule is CCC(CC(=O)N1CC2CC1C2C(=O)O)NC(=O)OCC1c2ccccc2-c2ccccc21. The second-order valence-electron chi connectivity index (χ2n) is 9.25. The number of amides is 2. The van der Waals surface area contributed by atoms with Crippen LogP contribution in [-0.2, 0) is 14.3 Å². The Morgan fingerprint density at radius 1 is 1.09 bits per heavy atom. The molecule has 0 spiro atoms. The Labute approximate surface area is 192 Å². The molecule has 2 N–H and O–H groups in total. The average molecular weight is 449 g/mol. The Morgan fingerprint density at radius 2 is 1.73 bits per heavy atom. The number of alkyl carbamates (subject to hydrolysis) is 1. The molecule has 2 aromatic carbocycles. The highest BCUT2D eigenvalue weighted by molar-refractivity contribution is 5.82. The van der Waals surface area contributed by atoms with Gasteiger partial charge in [0, 0.05) is 31.0 Å². The highest BCUT2D eigenvalue weighted by Gasteiger charge is 2.57. The maximum atomic E-state index is 12.8. The monoisotopic (exact) mass is 448 g/mol. The fourth-order valence-electron chi connectivity index (χ4n) is 5.70. The van der Waals surface area contributed by atoms with Crippen LogP contribution in [-0.4, -0.2) is 53.2 Å². The Balaban J connectivity index is 1.17. The van der Waals surface area contributed by atoms with Crippen LogP contribution in [0.4, 0.5) is 4.79 Å². The summed E-state index contributed by atoms with van der Waals surface area (Å²) in [6, 6.07) is 15.8. The minimum Gasteiger partial charge on any atom is -0.481 e. The van der Waals surface area contributed by atoms with Crippen LogP contribution in [0.3, 0.4) is 0 Å². The summed E-state index contributed by atoms with van der Waals surface area (Å²) in [7, 11) is 0. The standard InChI is InChI=1S/C26H28N2O5/c1-2-16(12-23(29)28-13-15-11-22(28)24(15)25(30)31)27-26(32)33-14-21-19-9-5-3-7-17(19)18-8-4-6-10-20(18)21/h3-10,15-16,21-22,24H,2,11-14H2,1H3,(H,27,32)(H,30,31). The number of ether oxygens (including phenoxy) is 1. The van der Waals surface area contributed by atoms with E-state index in [1.165, 1.54) is 11.1 Å². The molecule has 0 radical (unpaired) electrons. The summed E-state index contributed by atoms with van der Waals surface area (Å²) in [5, 5.41) is 12.2. The number of nitrogens with one attached hydrogen (secondary N) is 1. The van der Waals surface area contributed by atoms with Gasteiger partial charge in [0.15, 0.2) is 0 Å². The zero-order valence-corrected chi connectivity index (χ0v) is 18.6. The molecule has 172 valence electrons. The molecule has 7 nitrogen and oxygen atoms in total. The van der Waals surface area contributed by atoms with Gasteiger partial charge in [-0.25, -0.2) is 4.79 Å². The van der Waals surface area contributed by atoms with Crippen molar-refractivity contribution in [3.63, 3.8) is 0 Å². The van der Waals surface area contributed by atoms with E-state index in [0.717, 1.165) is 17.5 Å². The summed E-state index contributed by atoms with van der Waals surface area (Å²) >= 11 is 0. The predicted octanol–water partition coefficient (Wildman–Crippen LogP) is 3.63. The highest BCUT2D eigenvalue weighted by Crippen LogP contribution is 2.47. The lowest BCUT2D eigenvalue weighted by molar-refractivity contribution is -0.148. The molecule has 3 fully saturated rings. The van der Waals surface area contributed by atoms with E-state index in [4.69, 9.17) is 4.74 Å². The van der Waals surface area contributed by atoms with Gasteiger partial charge in [0.2, 0.25) is 5.91 Å². The number of fused-ring (bicyclic) bond motifs is 4. The molecule has 6 rings (SSSR count). The number of carbonyl (C=O) groups excluding carboxylic acids is 2. The van der Waals surface area contributed by atoms with Gasteiger partial charge in [0.25, 0.3) is 0 Å². The van der Waals surface area contributed by atoms with E-state index in [-0.39, 0.29) is 42.9 Å². The van der Waals surface area contributed by atoms with E-state index in [1.807, 2.05) is 31.2 Å². The van der Waals surface area contributed by atoms with Crippen LogP contribution in [0.25, 0.3) is 11.1 Å². The molecule has 0 aromatic heterocycles. The van der Waals surface area contributed by atoms with Crippen molar-refractivity contribution < 1.29 is 24.2 Å². The first-order chi connectivity index (χ1) is 16.0. The highest BCUT2D eigenvalue weighted by atomic mass is 16.5. The van der Waals surface area contributed by atoms with Gasteiger partial charge in [0.05, 0.1) is 5.92 Å². The van der Waals surface area contributed by atoms with Crippen LogP contribution >= 0.6 is 0 Å². The maximum absolute atomic E-state index is 12.8. The Kier molecular flexibility index (Phi) is 5.56. The van der Waals surface area contributed by atoms with E-state index in [1.54, 1.807) is 4.90 Å². The van der Waals surface area contributed by atoms with Gasteiger partial charge in [-0.1, -0.05) is 55.5 Å². The van der Waals surface area contributed by atoms with Crippen LogP contribution in [0.15, 0.2) is 48.5 Å².